The van der Waals surface area contributed by atoms with E-state index < -0.39 is 0 Å². The number of nitrogens with zero attached hydrogens (tertiary/aromatic N) is 1. The highest BCUT2D eigenvalue weighted by molar-refractivity contribution is 9.10. The van der Waals surface area contributed by atoms with E-state index in [1.54, 1.807) is 10.6 Å². The molecule has 0 N–H and O–H groups in total. The molecule has 0 spiro atoms. The van der Waals surface area contributed by atoms with Gasteiger partial charge in [-0.15, -0.1) is 0 Å². The van der Waals surface area contributed by atoms with Crippen LogP contribution in [0.5, 0.6) is 0 Å². The third kappa shape index (κ3) is 2.62. The number of pyridine rings is 1. The number of hydrogen-bond acceptors (Lipinski definition) is 1. The maximum Gasteiger partial charge on any atom is 0.261 e. The van der Waals surface area contributed by atoms with Crippen LogP contribution < -0.4 is 5.56 Å². The number of hydrogen-bond donors (Lipinski definition) is 0. The molecule has 1 unspecified atom stereocenters. The van der Waals surface area contributed by atoms with Crippen LogP contribution >= 0.6 is 15.9 Å². The first-order valence-electron chi connectivity index (χ1n) is 9.24. The van der Waals surface area contributed by atoms with Crippen molar-refractivity contribution in [3.05, 3.63) is 79.9 Å². The Morgan fingerprint density at radius 2 is 1.92 bits per heavy atom. The molecule has 3 aromatic rings. The molecule has 1 aromatic heterocycles. The van der Waals surface area contributed by atoms with E-state index in [0.717, 1.165) is 47.5 Å². The first-order chi connectivity index (χ1) is 12.6. The lowest BCUT2D eigenvalue weighted by atomic mass is 9.87. The van der Waals surface area contributed by atoms with Crippen molar-refractivity contribution in [2.75, 3.05) is 0 Å². The molecule has 1 atom stereocenters. The van der Waals surface area contributed by atoms with Gasteiger partial charge in [-0.25, -0.2) is 4.39 Å². The largest absolute Gasteiger partial charge is 0.307 e. The third-order valence-electron chi connectivity index (χ3n) is 5.78. The van der Waals surface area contributed by atoms with Crippen molar-refractivity contribution >= 4 is 26.7 Å². The van der Waals surface area contributed by atoms with Gasteiger partial charge in [0.1, 0.15) is 5.82 Å². The first-order valence-corrected chi connectivity index (χ1v) is 10.0. The molecule has 1 fully saturated rings. The number of halogens is 2. The molecule has 132 valence electrons. The van der Waals surface area contributed by atoms with Crippen molar-refractivity contribution in [2.45, 2.75) is 44.1 Å². The van der Waals surface area contributed by atoms with Gasteiger partial charge in [0.15, 0.2) is 0 Å². The Labute approximate surface area is 159 Å². The molecule has 4 heteroatoms. The Kier molecular flexibility index (Phi) is 3.78. The van der Waals surface area contributed by atoms with Crippen LogP contribution in [0.25, 0.3) is 10.8 Å². The summed E-state index contributed by atoms with van der Waals surface area (Å²) in [6.07, 6.45) is 7.05. The summed E-state index contributed by atoms with van der Waals surface area (Å²) in [6, 6.07) is 11.7. The Morgan fingerprint density at radius 3 is 2.73 bits per heavy atom. The quantitative estimate of drug-likeness (QED) is 0.529. The SMILES string of the molecule is O=c1c2c(F)cc(C3CC3)cc2ccn1C1CCCc2cc(Br)ccc21. The molecule has 2 aromatic carbocycles. The van der Waals surface area contributed by atoms with Crippen molar-refractivity contribution in [3.63, 3.8) is 0 Å². The molecule has 0 aliphatic heterocycles. The first kappa shape index (κ1) is 16.2. The Hall–Kier alpha value is -1.94. The van der Waals surface area contributed by atoms with Gasteiger partial charge in [-0.1, -0.05) is 28.1 Å². The fraction of sp³-hybridized carbons (Fsp3) is 0.318. The Morgan fingerprint density at radius 1 is 1.08 bits per heavy atom. The number of fused-ring (bicyclic) bond motifs is 2. The number of aryl methyl sites for hydroxylation is 1. The molecule has 0 saturated heterocycles. The predicted octanol–water partition coefficient (Wildman–Crippen LogP) is 5.71. The zero-order valence-electron chi connectivity index (χ0n) is 14.3. The van der Waals surface area contributed by atoms with E-state index in [4.69, 9.17) is 0 Å². The van der Waals surface area contributed by atoms with Crippen LogP contribution in [-0.2, 0) is 6.42 Å². The average Bonchev–Trinajstić information content (AvgIpc) is 3.46. The maximum atomic E-state index is 14.8. The van der Waals surface area contributed by atoms with E-state index in [0.29, 0.717) is 5.92 Å². The Bertz CT molecular complexity index is 1080. The van der Waals surface area contributed by atoms with Crippen LogP contribution in [0.15, 0.2) is 51.9 Å². The van der Waals surface area contributed by atoms with Gasteiger partial charge in [0.05, 0.1) is 11.4 Å². The monoisotopic (exact) mass is 411 g/mol. The van der Waals surface area contributed by atoms with E-state index in [9.17, 15) is 9.18 Å². The minimum absolute atomic E-state index is 0.0220. The molecule has 0 radical (unpaired) electrons. The van der Waals surface area contributed by atoms with Crippen LogP contribution in [0, 0.1) is 5.82 Å². The van der Waals surface area contributed by atoms with Crippen LogP contribution in [0.3, 0.4) is 0 Å². The summed E-state index contributed by atoms with van der Waals surface area (Å²) in [5.41, 5.74) is 3.26. The van der Waals surface area contributed by atoms with E-state index >= 15 is 0 Å². The second-order valence-corrected chi connectivity index (χ2v) is 8.44. The molecule has 2 aliphatic rings. The highest BCUT2D eigenvalue weighted by Gasteiger charge is 2.27. The predicted molar refractivity (Wildman–Crippen MR) is 105 cm³/mol. The summed E-state index contributed by atoms with van der Waals surface area (Å²) >= 11 is 3.53. The third-order valence-corrected chi connectivity index (χ3v) is 6.27. The van der Waals surface area contributed by atoms with Crippen LogP contribution in [0.2, 0.25) is 0 Å². The van der Waals surface area contributed by atoms with Crippen LogP contribution in [0.1, 0.15) is 54.3 Å². The molecule has 1 saturated carbocycles. The summed E-state index contributed by atoms with van der Waals surface area (Å²) in [6.45, 7) is 0. The standard InChI is InChI=1S/C22H19BrFNO/c23-17-6-7-18-14(11-17)2-1-3-20(18)25-9-8-15-10-16(13-4-5-13)12-19(24)21(15)22(25)26/h6-13,20H,1-5H2. The number of aromatic nitrogens is 1. The smallest absolute Gasteiger partial charge is 0.261 e. The van der Waals surface area contributed by atoms with Gasteiger partial charge in [0.25, 0.3) is 5.56 Å². The van der Waals surface area contributed by atoms with E-state index in [1.807, 2.05) is 24.4 Å². The molecule has 5 rings (SSSR count). The second-order valence-electron chi connectivity index (χ2n) is 7.52. The van der Waals surface area contributed by atoms with Gasteiger partial charge in [-0.05, 0) is 84.4 Å². The fourth-order valence-electron chi connectivity index (χ4n) is 4.31. The van der Waals surface area contributed by atoms with Crippen molar-refractivity contribution in [2.24, 2.45) is 0 Å². The van der Waals surface area contributed by atoms with Gasteiger partial charge in [0, 0.05) is 10.7 Å². The molecule has 26 heavy (non-hydrogen) atoms. The zero-order valence-corrected chi connectivity index (χ0v) is 15.9. The second kappa shape index (κ2) is 6.05. The van der Waals surface area contributed by atoms with Gasteiger partial charge in [-0.3, -0.25) is 4.79 Å². The van der Waals surface area contributed by atoms with Crippen LogP contribution in [0.4, 0.5) is 4.39 Å². The highest BCUT2D eigenvalue weighted by atomic mass is 79.9. The van der Waals surface area contributed by atoms with Gasteiger partial charge >= 0.3 is 0 Å². The van der Waals surface area contributed by atoms with Crippen LogP contribution in [-0.4, -0.2) is 4.57 Å². The normalized spacial score (nSPS) is 19.5. The molecular formula is C22H19BrFNO. The summed E-state index contributed by atoms with van der Waals surface area (Å²) in [5.74, 6) is 0.0931. The summed E-state index contributed by atoms with van der Waals surface area (Å²) < 4.78 is 17.6. The summed E-state index contributed by atoms with van der Waals surface area (Å²) in [5, 5.41) is 0.945. The topological polar surface area (TPSA) is 22.0 Å². The van der Waals surface area contributed by atoms with Crippen molar-refractivity contribution in [1.82, 2.24) is 4.57 Å². The Balaban J connectivity index is 1.67. The van der Waals surface area contributed by atoms with E-state index in [-0.39, 0.29) is 22.8 Å². The lowest BCUT2D eigenvalue weighted by Crippen LogP contribution is -2.28. The molecule has 2 nitrogen and oxygen atoms in total. The fourth-order valence-corrected chi connectivity index (χ4v) is 4.72. The molecule has 0 bridgehead atoms. The molecule has 0 amide bonds. The molecular weight excluding hydrogens is 393 g/mol. The number of rotatable bonds is 2. The van der Waals surface area contributed by atoms with E-state index in [1.165, 1.54) is 11.1 Å². The number of benzene rings is 2. The van der Waals surface area contributed by atoms with Crippen molar-refractivity contribution in [1.29, 1.82) is 0 Å². The van der Waals surface area contributed by atoms with E-state index in [2.05, 4.69) is 28.1 Å². The zero-order chi connectivity index (χ0) is 17.8. The van der Waals surface area contributed by atoms with Gasteiger partial charge in [-0.2, -0.15) is 0 Å². The maximum absolute atomic E-state index is 14.8. The average molecular weight is 412 g/mol. The minimum Gasteiger partial charge on any atom is -0.307 e. The molecule has 1 heterocycles. The lowest BCUT2D eigenvalue weighted by Gasteiger charge is -2.27. The lowest BCUT2D eigenvalue weighted by molar-refractivity contribution is 0.479. The summed E-state index contributed by atoms with van der Waals surface area (Å²) in [4.78, 5) is 13.1. The highest BCUT2D eigenvalue weighted by Crippen LogP contribution is 2.41. The minimum atomic E-state index is -0.379. The van der Waals surface area contributed by atoms with Gasteiger partial charge < -0.3 is 4.57 Å². The van der Waals surface area contributed by atoms with Crippen molar-refractivity contribution in [3.8, 4) is 0 Å². The summed E-state index contributed by atoms with van der Waals surface area (Å²) in [7, 11) is 0. The van der Waals surface area contributed by atoms with Gasteiger partial charge in [0.2, 0.25) is 0 Å². The van der Waals surface area contributed by atoms with Crippen molar-refractivity contribution < 1.29 is 4.39 Å². The molecule has 2 aliphatic carbocycles.